The van der Waals surface area contributed by atoms with E-state index in [-0.39, 0.29) is 0 Å². The van der Waals surface area contributed by atoms with Gasteiger partial charge in [0.15, 0.2) is 0 Å². The molecule has 0 spiro atoms. The standard InChI is InChI=1S/C15H27N/c1-5-7-8-9-10-14(3)11-12-15(4)16-13-6-2/h9,16H,4-8,11-13H2,1-3H3. The molecule has 0 atom stereocenters. The maximum Gasteiger partial charge on any atom is 0.0141 e. The monoisotopic (exact) mass is 221 g/mol. The zero-order valence-corrected chi connectivity index (χ0v) is 11.2. The Morgan fingerprint density at radius 2 is 2.00 bits per heavy atom. The molecule has 0 saturated carbocycles. The van der Waals surface area contributed by atoms with Crippen LogP contribution in [0.1, 0.15) is 59.3 Å². The summed E-state index contributed by atoms with van der Waals surface area (Å²) in [5, 5.41) is 3.32. The van der Waals surface area contributed by atoms with Gasteiger partial charge in [-0.1, -0.05) is 26.8 Å². The lowest BCUT2D eigenvalue weighted by atomic mass is 10.1. The fourth-order valence-electron chi connectivity index (χ4n) is 1.35. The van der Waals surface area contributed by atoms with Crippen LogP contribution >= 0.6 is 0 Å². The number of hydrogen-bond donors (Lipinski definition) is 1. The largest absolute Gasteiger partial charge is 0.389 e. The maximum atomic E-state index is 4.01. The van der Waals surface area contributed by atoms with Gasteiger partial charge in [-0.05, 0) is 50.7 Å². The minimum Gasteiger partial charge on any atom is -0.389 e. The number of nitrogens with one attached hydrogen (secondary N) is 1. The average Bonchev–Trinajstić information content (AvgIpc) is 2.29. The molecule has 0 aliphatic heterocycles. The van der Waals surface area contributed by atoms with Crippen LogP contribution < -0.4 is 5.32 Å². The molecule has 0 rings (SSSR count). The second-order valence-corrected chi connectivity index (χ2v) is 4.30. The molecule has 1 nitrogen and oxygen atoms in total. The minimum atomic E-state index is 1.03. The van der Waals surface area contributed by atoms with Gasteiger partial charge >= 0.3 is 0 Å². The summed E-state index contributed by atoms with van der Waals surface area (Å²) < 4.78 is 0. The molecule has 0 bridgehead atoms. The topological polar surface area (TPSA) is 12.0 Å². The van der Waals surface area contributed by atoms with Gasteiger partial charge in [0, 0.05) is 12.2 Å². The summed E-state index contributed by atoms with van der Waals surface area (Å²) in [6.45, 7) is 11.6. The van der Waals surface area contributed by atoms with Gasteiger partial charge in [-0.25, -0.2) is 0 Å². The van der Waals surface area contributed by atoms with Crippen LogP contribution in [0, 0.1) is 0 Å². The molecule has 0 aliphatic rings. The van der Waals surface area contributed by atoms with E-state index in [0.29, 0.717) is 0 Å². The van der Waals surface area contributed by atoms with Crippen molar-refractivity contribution in [3.8, 4) is 0 Å². The molecule has 0 amide bonds. The van der Waals surface area contributed by atoms with E-state index in [0.717, 1.165) is 37.9 Å². The smallest absolute Gasteiger partial charge is 0.0141 e. The van der Waals surface area contributed by atoms with E-state index in [1.807, 2.05) is 0 Å². The van der Waals surface area contributed by atoms with Crippen molar-refractivity contribution in [3.05, 3.63) is 29.7 Å². The van der Waals surface area contributed by atoms with E-state index in [1.54, 1.807) is 0 Å². The van der Waals surface area contributed by atoms with Crippen molar-refractivity contribution in [3.63, 3.8) is 0 Å². The second-order valence-electron chi connectivity index (χ2n) is 4.30. The van der Waals surface area contributed by atoms with Crippen molar-refractivity contribution in [1.29, 1.82) is 0 Å². The molecule has 0 radical (unpaired) electrons. The highest BCUT2D eigenvalue weighted by atomic mass is 14.9. The maximum absolute atomic E-state index is 4.01. The summed E-state index contributed by atoms with van der Waals surface area (Å²) in [4.78, 5) is 0. The Balaban J connectivity index is 3.74. The molecule has 0 unspecified atom stereocenters. The van der Waals surface area contributed by atoms with Gasteiger partial charge in [0.2, 0.25) is 0 Å². The third-order valence-corrected chi connectivity index (χ3v) is 2.48. The zero-order valence-electron chi connectivity index (χ0n) is 11.2. The summed E-state index contributed by atoms with van der Waals surface area (Å²) in [6, 6.07) is 0. The van der Waals surface area contributed by atoms with E-state index in [2.05, 4.69) is 44.5 Å². The van der Waals surface area contributed by atoms with Crippen molar-refractivity contribution < 1.29 is 0 Å². The molecular weight excluding hydrogens is 194 g/mol. The summed E-state index contributed by atoms with van der Waals surface area (Å²) in [7, 11) is 0. The molecule has 0 aromatic heterocycles. The molecule has 0 saturated heterocycles. The van der Waals surface area contributed by atoms with Crippen molar-refractivity contribution in [2.45, 2.75) is 59.3 Å². The first-order valence-electron chi connectivity index (χ1n) is 6.53. The zero-order chi connectivity index (χ0) is 12.2. The average molecular weight is 221 g/mol. The summed E-state index contributed by atoms with van der Waals surface area (Å²) in [6.07, 6.45) is 9.10. The highest BCUT2D eigenvalue weighted by molar-refractivity contribution is 5.02. The second kappa shape index (κ2) is 10.6. The van der Waals surface area contributed by atoms with Gasteiger partial charge in [0.05, 0.1) is 0 Å². The van der Waals surface area contributed by atoms with E-state index >= 15 is 0 Å². The van der Waals surface area contributed by atoms with E-state index in [9.17, 15) is 0 Å². The summed E-state index contributed by atoms with van der Waals surface area (Å²) >= 11 is 0. The SMILES string of the molecule is C=C(CCC(C)=C=CCCCC)NCCC. The number of allylic oxidation sites excluding steroid dienone is 2. The Morgan fingerprint density at radius 3 is 2.62 bits per heavy atom. The van der Waals surface area contributed by atoms with Gasteiger partial charge in [0.1, 0.15) is 0 Å². The Morgan fingerprint density at radius 1 is 1.25 bits per heavy atom. The molecule has 0 fully saturated rings. The summed E-state index contributed by atoms with van der Waals surface area (Å²) in [5.41, 5.74) is 5.83. The molecule has 0 aromatic carbocycles. The highest BCUT2D eigenvalue weighted by Gasteiger charge is 1.93. The lowest BCUT2D eigenvalue weighted by Crippen LogP contribution is -2.12. The molecule has 1 heteroatoms. The molecule has 16 heavy (non-hydrogen) atoms. The highest BCUT2D eigenvalue weighted by Crippen LogP contribution is 2.07. The lowest BCUT2D eigenvalue weighted by Gasteiger charge is -2.07. The van der Waals surface area contributed by atoms with Crippen LogP contribution in [0.15, 0.2) is 29.7 Å². The van der Waals surface area contributed by atoms with E-state index in [4.69, 9.17) is 0 Å². The molecular formula is C15H27N. The van der Waals surface area contributed by atoms with Crippen LogP contribution in [0.25, 0.3) is 0 Å². The van der Waals surface area contributed by atoms with Crippen LogP contribution in [0.4, 0.5) is 0 Å². The molecule has 1 N–H and O–H groups in total. The quantitative estimate of drug-likeness (QED) is 0.444. The van der Waals surface area contributed by atoms with Crippen molar-refractivity contribution in [2.24, 2.45) is 0 Å². The van der Waals surface area contributed by atoms with E-state index < -0.39 is 0 Å². The third kappa shape index (κ3) is 9.61. The first-order valence-corrected chi connectivity index (χ1v) is 6.53. The minimum absolute atomic E-state index is 1.03. The molecule has 0 aromatic rings. The Hall–Kier alpha value is -0.940. The van der Waals surface area contributed by atoms with Crippen molar-refractivity contribution in [1.82, 2.24) is 5.32 Å². The van der Waals surface area contributed by atoms with Crippen molar-refractivity contribution in [2.75, 3.05) is 6.54 Å². The van der Waals surface area contributed by atoms with Crippen LogP contribution in [-0.2, 0) is 0 Å². The fourth-order valence-corrected chi connectivity index (χ4v) is 1.35. The van der Waals surface area contributed by atoms with Crippen LogP contribution in [0.5, 0.6) is 0 Å². The Labute approximate surface area is 101 Å². The lowest BCUT2D eigenvalue weighted by molar-refractivity contribution is 0.725. The Kier molecular flexibility index (Phi) is 9.95. The predicted molar refractivity (Wildman–Crippen MR) is 73.5 cm³/mol. The number of rotatable bonds is 9. The molecule has 0 aliphatic carbocycles. The number of hydrogen-bond acceptors (Lipinski definition) is 1. The molecule has 0 heterocycles. The van der Waals surface area contributed by atoms with Gasteiger partial charge in [-0.2, -0.15) is 0 Å². The first-order chi connectivity index (χ1) is 7.70. The first kappa shape index (κ1) is 15.1. The predicted octanol–water partition coefficient (Wildman–Crippen LogP) is 4.57. The summed E-state index contributed by atoms with van der Waals surface area (Å²) in [5.74, 6) is 0. The Bertz CT molecular complexity index is 244. The third-order valence-electron chi connectivity index (χ3n) is 2.48. The van der Waals surface area contributed by atoms with Gasteiger partial charge in [0.25, 0.3) is 0 Å². The van der Waals surface area contributed by atoms with Crippen LogP contribution in [0.2, 0.25) is 0 Å². The molecule has 92 valence electrons. The number of unbranched alkanes of at least 4 members (excludes halogenated alkanes) is 2. The van der Waals surface area contributed by atoms with Crippen LogP contribution in [0.3, 0.4) is 0 Å². The van der Waals surface area contributed by atoms with Gasteiger partial charge < -0.3 is 5.32 Å². The van der Waals surface area contributed by atoms with E-state index in [1.165, 1.54) is 18.4 Å². The van der Waals surface area contributed by atoms with Gasteiger partial charge in [-0.15, -0.1) is 5.73 Å². The van der Waals surface area contributed by atoms with Crippen molar-refractivity contribution >= 4 is 0 Å². The fraction of sp³-hybridized carbons (Fsp3) is 0.667. The van der Waals surface area contributed by atoms with Crippen LogP contribution in [-0.4, -0.2) is 6.54 Å². The normalized spacial score (nSPS) is 9.44. The van der Waals surface area contributed by atoms with Gasteiger partial charge in [-0.3, -0.25) is 0 Å².